The van der Waals surface area contributed by atoms with Crippen LogP contribution in [0.25, 0.3) is 11.1 Å². The molecule has 0 aliphatic carbocycles. The zero-order valence-corrected chi connectivity index (χ0v) is 15.9. The van der Waals surface area contributed by atoms with Crippen LogP contribution in [-0.2, 0) is 0 Å². The minimum atomic E-state index is 0.513. The minimum Gasteiger partial charge on any atom is -0.105 e. The molecule has 0 aliphatic rings. The topological polar surface area (TPSA) is 0 Å². The average molecular weight is 312 g/mol. The smallest absolute Gasteiger partial charge is 0.0108 e. The maximum atomic E-state index is 3.02. The van der Waals surface area contributed by atoms with Gasteiger partial charge in [-0.05, 0) is 50.9 Å². The fourth-order valence-corrected chi connectivity index (χ4v) is 4.12. The molecule has 0 saturated carbocycles. The van der Waals surface area contributed by atoms with E-state index in [4.69, 9.17) is 0 Å². The van der Waals surface area contributed by atoms with Crippen molar-refractivity contribution < 1.29 is 0 Å². The summed E-state index contributed by atoms with van der Waals surface area (Å²) in [5.74, 6) is 1.59. The van der Waals surface area contributed by atoms with Crippen LogP contribution in [0.15, 0.2) is 36.4 Å². The van der Waals surface area contributed by atoms with Gasteiger partial charge in [-0.15, -0.1) is 9.24 Å². The average Bonchev–Trinajstić information content (AvgIpc) is 2.46. The number of hydrogen-bond donors (Lipinski definition) is 0. The van der Waals surface area contributed by atoms with E-state index < -0.39 is 0 Å². The molecule has 0 N–H and O–H groups in total. The van der Waals surface area contributed by atoms with Gasteiger partial charge >= 0.3 is 0 Å². The zero-order valence-electron chi connectivity index (χ0n) is 14.8. The van der Waals surface area contributed by atoms with Crippen molar-refractivity contribution in [1.82, 2.24) is 0 Å². The van der Waals surface area contributed by atoms with E-state index in [0.29, 0.717) is 17.8 Å². The fraction of sp³-hybridized carbons (Fsp3) is 0.429. The van der Waals surface area contributed by atoms with Crippen molar-refractivity contribution in [2.24, 2.45) is 0 Å². The summed E-state index contributed by atoms with van der Waals surface area (Å²) in [5, 5.41) is 1.40. The van der Waals surface area contributed by atoms with Gasteiger partial charge in [0.2, 0.25) is 0 Å². The van der Waals surface area contributed by atoms with Crippen molar-refractivity contribution in [2.75, 3.05) is 0 Å². The molecule has 0 heterocycles. The third-order valence-corrected chi connectivity index (χ3v) is 5.00. The molecule has 2 rings (SSSR count). The van der Waals surface area contributed by atoms with Crippen LogP contribution in [0, 0.1) is 0 Å². The van der Waals surface area contributed by atoms with Gasteiger partial charge in [0, 0.05) is 0 Å². The maximum Gasteiger partial charge on any atom is -0.0108 e. The lowest BCUT2D eigenvalue weighted by molar-refractivity contribution is 0.817. The van der Waals surface area contributed by atoms with Crippen molar-refractivity contribution in [1.29, 1.82) is 0 Å². The first-order valence-corrected chi connectivity index (χ1v) is 8.93. The number of rotatable bonds is 4. The standard InChI is InChI=1S/C21H29P/c1-13(2)17-12-18(14(3)4)21(22)19(15(5)6)20(17)16-10-8-7-9-11-16/h7-15H,22H2,1-6H3. The highest BCUT2D eigenvalue weighted by Crippen LogP contribution is 2.38. The Morgan fingerprint density at radius 1 is 0.727 bits per heavy atom. The molecule has 22 heavy (non-hydrogen) atoms. The van der Waals surface area contributed by atoms with E-state index in [0.717, 1.165) is 0 Å². The molecule has 1 atom stereocenters. The first-order chi connectivity index (χ1) is 10.3. The molecule has 2 aromatic carbocycles. The van der Waals surface area contributed by atoms with Crippen LogP contribution in [0.1, 0.15) is 76.0 Å². The summed E-state index contributed by atoms with van der Waals surface area (Å²) in [5.41, 5.74) is 7.22. The molecule has 0 amide bonds. The van der Waals surface area contributed by atoms with Gasteiger partial charge in [0.15, 0.2) is 0 Å². The van der Waals surface area contributed by atoms with Crippen molar-refractivity contribution in [3.05, 3.63) is 53.1 Å². The van der Waals surface area contributed by atoms with E-state index in [9.17, 15) is 0 Å². The van der Waals surface area contributed by atoms with Gasteiger partial charge in [0.05, 0.1) is 0 Å². The second kappa shape index (κ2) is 6.97. The Balaban J connectivity index is 2.88. The van der Waals surface area contributed by atoms with E-state index in [1.54, 1.807) is 0 Å². The number of benzene rings is 2. The normalized spacial score (nSPS) is 11.7. The van der Waals surface area contributed by atoms with Gasteiger partial charge in [-0.2, -0.15) is 0 Å². The molecule has 1 heteroatoms. The summed E-state index contributed by atoms with van der Waals surface area (Å²) < 4.78 is 0. The summed E-state index contributed by atoms with van der Waals surface area (Å²) in [7, 11) is 3.02. The minimum absolute atomic E-state index is 0.513. The maximum absolute atomic E-state index is 3.02. The van der Waals surface area contributed by atoms with Crippen molar-refractivity contribution in [2.45, 2.75) is 59.3 Å². The van der Waals surface area contributed by atoms with Crippen molar-refractivity contribution >= 4 is 14.5 Å². The molecule has 0 bridgehead atoms. The lowest BCUT2D eigenvalue weighted by atomic mass is 9.81. The summed E-state index contributed by atoms with van der Waals surface area (Å²) in [6.45, 7) is 13.8. The monoisotopic (exact) mass is 312 g/mol. The molecule has 0 aromatic heterocycles. The van der Waals surface area contributed by atoms with E-state index in [2.05, 4.69) is 87.2 Å². The zero-order chi connectivity index (χ0) is 16.4. The SMILES string of the molecule is CC(C)c1cc(C(C)C)c(-c2ccccc2)c(C(C)C)c1P. The summed E-state index contributed by atoms with van der Waals surface area (Å²) >= 11 is 0. The summed E-state index contributed by atoms with van der Waals surface area (Å²) in [4.78, 5) is 0. The van der Waals surface area contributed by atoms with Crippen LogP contribution in [-0.4, -0.2) is 0 Å². The van der Waals surface area contributed by atoms with E-state index in [1.807, 2.05) is 0 Å². The van der Waals surface area contributed by atoms with Crippen LogP contribution in [0.2, 0.25) is 0 Å². The second-order valence-corrected chi connectivity index (χ2v) is 7.66. The molecule has 0 fully saturated rings. The molecule has 0 aliphatic heterocycles. The van der Waals surface area contributed by atoms with Crippen LogP contribution in [0.4, 0.5) is 0 Å². The lowest BCUT2D eigenvalue weighted by Gasteiger charge is -2.26. The highest BCUT2D eigenvalue weighted by molar-refractivity contribution is 7.27. The predicted molar refractivity (Wildman–Crippen MR) is 103 cm³/mol. The summed E-state index contributed by atoms with van der Waals surface area (Å²) in [6, 6.07) is 13.3. The van der Waals surface area contributed by atoms with Gasteiger partial charge in [0.1, 0.15) is 0 Å². The molecule has 1 unspecified atom stereocenters. The van der Waals surface area contributed by atoms with Gasteiger partial charge < -0.3 is 0 Å². The Hall–Kier alpha value is -1.13. The molecule has 0 saturated heterocycles. The number of hydrogen-bond acceptors (Lipinski definition) is 0. The molecule has 118 valence electrons. The predicted octanol–water partition coefficient (Wildman–Crippen LogP) is 6.22. The lowest BCUT2D eigenvalue weighted by Crippen LogP contribution is -2.16. The largest absolute Gasteiger partial charge is 0.105 e. The fourth-order valence-electron chi connectivity index (χ4n) is 3.22. The third kappa shape index (κ3) is 3.28. The molecule has 2 aromatic rings. The highest BCUT2D eigenvalue weighted by Gasteiger charge is 2.21. The van der Waals surface area contributed by atoms with Crippen LogP contribution in [0.3, 0.4) is 0 Å². The van der Waals surface area contributed by atoms with Gasteiger partial charge in [-0.3, -0.25) is 0 Å². The van der Waals surface area contributed by atoms with Gasteiger partial charge in [-0.25, -0.2) is 0 Å². The van der Waals surface area contributed by atoms with E-state index in [1.165, 1.54) is 33.1 Å². The molecular formula is C21H29P. The highest BCUT2D eigenvalue weighted by atomic mass is 31.0. The first kappa shape index (κ1) is 17.2. The Kier molecular flexibility index (Phi) is 5.45. The van der Waals surface area contributed by atoms with Crippen molar-refractivity contribution in [3.8, 4) is 11.1 Å². The van der Waals surface area contributed by atoms with Gasteiger partial charge in [-0.1, -0.05) is 77.9 Å². The summed E-state index contributed by atoms with van der Waals surface area (Å²) in [6.07, 6.45) is 0. The van der Waals surface area contributed by atoms with E-state index in [-0.39, 0.29) is 0 Å². The molecular weight excluding hydrogens is 283 g/mol. The molecule has 0 spiro atoms. The Morgan fingerprint density at radius 2 is 1.27 bits per heavy atom. The quantitative estimate of drug-likeness (QED) is 0.587. The second-order valence-electron chi connectivity index (χ2n) is 7.09. The Morgan fingerprint density at radius 3 is 1.73 bits per heavy atom. The van der Waals surface area contributed by atoms with Crippen LogP contribution >= 0.6 is 9.24 Å². The van der Waals surface area contributed by atoms with Crippen molar-refractivity contribution in [3.63, 3.8) is 0 Å². The van der Waals surface area contributed by atoms with E-state index >= 15 is 0 Å². The van der Waals surface area contributed by atoms with Crippen LogP contribution in [0.5, 0.6) is 0 Å². The van der Waals surface area contributed by atoms with Crippen LogP contribution < -0.4 is 5.30 Å². The van der Waals surface area contributed by atoms with Gasteiger partial charge in [0.25, 0.3) is 0 Å². The molecule has 0 nitrogen and oxygen atoms in total. The Labute approximate surface area is 138 Å². The molecule has 0 radical (unpaired) electrons. The first-order valence-electron chi connectivity index (χ1n) is 8.36. The third-order valence-electron chi connectivity index (χ3n) is 4.35. The Bertz CT molecular complexity index is 637.